The molecule has 2 amide bonds. The summed E-state index contributed by atoms with van der Waals surface area (Å²) in [6, 6.07) is 14.0. The first-order valence-corrected chi connectivity index (χ1v) is 8.88. The van der Waals surface area contributed by atoms with E-state index in [2.05, 4.69) is 22.4 Å². The summed E-state index contributed by atoms with van der Waals surface area (Å²) in [4.78, 5) is 18.6. The summed E-state index contributed by atoms with van der Waals surface area (Å²) >= 11 is 0. The lowest BCUT2D eigenvalue weighted by Crippen LogP contribution is -2.43. The second kappa shape index (κ2) is 9.18. The second-order valence-electron chi connectivity index (χ2n) is 6.34. The van der Waals surface area contributed by atoms with Crippen LogP contribution in [0.1, 0.15) is 24.0 Å². The summed E-state index contributed by atoms with van der Waals surface area (Å²) < 4.78 is 5.71. The van der Waals surface area contributed by atoms with Crippen LogP contribution in [0.2, 0.25) is 0 Å². The van der Waals surface area contributed by atoms with Crippen LogP contribution < -0.4 is 5.32 Å². The Kier molecular flexibility index (Phi) is 6.40. The van der Waals surface area contributed by atoms with Crippen LogP contribution in [-0.2, 0) is 17.7 Å². The van der Waals surface area contributed by atoms with Crippen LogP contribution in [0.5, 0.6) is 0 Å². The van der Waals surface area contributed by atoms with Gasteiger partial charge >= 0.3 is 6.03 Å². The van der Waals surface area contributed by atoms with Crippen molar-refractivity contribution in [2.45, 2.75) is 31.9 Å². The summed E-state index contributed by atoms with van der Waals surface area (Å²) in [6.07, 6.45) is 6.57. The number of urea groups is 1. The van der Waals surface area contributed by atoms with Crippen molar-refractivity contribution < 1.29 is 9.53 Å². The molecule has 1 aromatic heterocycles. The molecule has 1 fully saturated rings. The van der Waals surface area contributed by atoms with E-state index in [1.807, 2.05) is 35.2 Å². The summed E-state index contributed by atoms with van der Waals surface area (Å²) in [7, 11) is 0. The maximum Gasteiger partial charge on any atom is 0.317 e. The predicted octanol–water partition coefficient (Wildman–Crippen LogP) is 3.01. The number of nitrogens with one attached hydrogen (secondary N) is 1. The van der Waals surface area contributed by atoms with Gasteiger partial charge in [-0.3, -0.25) is 4.98 Å². The van der Waals surface area contributed by atoms with Gasteiger partial charge in [-0.25, -0.2) is 4.79 Å². The number of rotatable bonds is 7. The standard InChI is InChI=1S/C20H25N3O2/c24-20(22-13-10-17-5-2-1-3-6-17)23(16-19-7-4-14-25-19)15-18-8-11-21-12-9-18/h1-3,5-6,8-9,11-12,19H,4,7,10,13-16H2,(H,22,24)/t19-/m0/s1. The molecule has 132 valence electrons. The van der Waals surface area contributed by atoms with E-state index < -0.39 is 0 Å². The number of carbonyl (C=O) groups is 1. The Labute approximate surface area is 149 Å². The molecule has 2 aromatic rings. The van der Waals surface area contributed by atoms with E-state index in [0.29, 0.717) is 19.6 Å². The lowest BCUT2D eigenvalue weighted by atomic mass is 10.1. The van der Waals surface area contributed by atoms with E-state index in [1.54, 1.807) is 12.4 Å². The summed E-state index contributed by atoms with van der Waals surface area (Å²) in [5.41, 5.74) is 2.30. The Balaban J connectivity index is 1.55. The van der Waals surface area contributed by atoms with E-state index in [9.17, 15) is 4.79 Å². The lowest BCUT2D eigenvalue weighted by molar-refractivity contribution is 0.0795. The van der Waals surface area contributed by atoms with E-state index in [1.165, 1.54) is 5.56 Å². The molecule has 1 N–H and O–H groups in total. The van der Waals surface area contributed by atoms with Gasteiger partial charge in [0.1, 0.15) is 0 Å². The Bertz CT molecular complexity index is 643. The molecule has 0 aliphatic carbocycles. The summed E-state index contributed by atoms with van der Waals surface area (Å²) in [5, 5.41) is 3.04. The van der Waals surface area contributed by atoms with Crippen molar-refractivity contribution in [3.05, 3.63) is 66.0 Å². The van der Waals surface area contributed by atoms with Crippen molar-refractivity contribution in [3.8, 4) is 0 Å². The highest BCUT2D eigenvalue weighted by atomic mass is 16.5. The maximum atomic E-state index is 12.7. The van der Waals surface area contributed by atoms with E-state index in [4.69, 9.17) is 4.74 Å². The van der Waals surface area contributed by atoms with Crippen molar-refractivity contribution in [2.24, 2.45) is 0 Å². The van der Waals surface area contributed by atoms with Crippen molar-refractivity contribution in [3.63, 3.8) is 0 Å². The first-order chi connectivity index (χ1) is 12.3. The number of aromatic nitrogens is 1. The second-order valence-corrected chi connectivity index (χ2v) is 6.34. The minimum atomic E-state index is -0.0387. The summed E-state index contributed by atoms with van der Waals surface area (Å²) in [6.45, 7) is 2.61. The summed E-state index contributed by atoms with van der Waals surface area (Å²) in [5.74, 6) is 0. The molecule has 25 heavy (non-hydrogen) atoms. The quantitative estimate of drug-likeness (QED) is 0.844. The minimum Gasteiger partial charge on any atom is -0.376 e. The van der Waals surface area contributed by atoms with Gasteiger partial charge in [-0.2, -0.15) is 0 Å². The third kappa shape index (κ3) is 5.57. The van der Waals surface area contributed by atoms with E-state index in [0.717, 1.165) is 31.4 Å². The van der Waals surface area contributed by atoms with Gasteiger partial charge in [-0.1, -0.05) is 30.3 Å². The Morgan fingerprint density at radius 1 is 1.16 bits per heavy atom. The van der Waals surface area contributed by atoms with Crippen molar-refractivity contribution in [1.82, 2.24) is 15.2 Å². The van der Waals surface area contributed by atoms with Gasteiger partial charge in [0.2, 0.25) is 0 Å². The van der Waals surface area contributed by atoms with E-state index >= 15 is 0 Å². The highest BCUT2D eigenvalue weighted by Crippen LogP contribution is 2.15. The lowest BCUT2D eigenvalue weighted by Gasteiger charge is -2.26. The first kappa shape index (κ1) is 17.4. The van der Waals surface area contributed by atoms with Crippen LogP contribution in [0.3, 0.4) is 0 Å². The molecule has 0 unspecified atom stereocenters. The topological polar surface area (TPSA) is 54.5 Å². The number of ether oxygens (including phenoxy) is 1. The molecule has 1 aliphatic rings. The Morgan fingerprint density at radius 3 is 2.68 bits per heavy atom. The zero-order valence-electron chi connectivity index (χ0n) is 14.4. The zero-order valence-corrected chi connectivity index (χ0v) is 14.4. The molecule has 0 radical (unpaired) electrons. The number of carbonyl (C=O) groups excluding carboxylic acids is 1. The van der Waals surface area contributed by atoms with Crippen molar-refractivity contribution >= 4 is 6.03 Å². The fourth-order valence-corrected chi connectivity index (χ4v) is 3.03. The molecule has 0 saturated carbocycles. The van der Waals surface area contributed by atoms with Crippen LogP contribution in [0.25, 0.3) is 0 Å². The van der Waals surface area contributed by atoms with Gasteiger partial charge in [0.05, 0.1) is 6.10 Å². The average molecular weight is 339 g/mol. The van der Waals surface area contributed by atoms with Gasteiger partial charge < -0.3 is 15.0 Å². The molecule has 1 saturated heterocycles. The molecule has 1 aliphatic heterocycles. The highest BCUT2D eigenvalue weighted by molar-refractivity contribution is 5.74. The number of hydrogen-bond donors (Lipinski definition) is 1. The van der Waals surface area contributed by atoms with Gasteiger partial charge in [0.15, 0.2) is 0 Å². The molecule has 0 spiro atoms. The monoisotopic (exact) mass is 339 g/mol. The van der Waals surface area contributed by atoms with Crippen LogP contribution >= 0.6 is 0 Å². The van der Waals surface area contributed by atoms with Gasteiger partial charge in [0, 0.05) is 38.6 Å². The molecule has 5 heteroatoms. The predicted molar refractivity (Wildman–Crippen MR) is 97.2 cm³/mol. The van der Waals surface area contributed by atoms with Crippen LogP contribution in [0.4, 0.5) is 4.79 Å². The largest absolute Gasteiger partial charge is 0.376 e. The molecular weight excluding hydrogens is 314 g/mol. The van der Waals surface area contributed by atoms with Gasteiger partial charge in [-0.05, 0) is 42.5 Å². The Hall–Kier alpha value is -2.40. The molecule has 5 nitrogen and oxygen atoms in total. The fourth-order valence-electron chi connectivity index (χ4n) is 3.03. The molecule has 1 aromatic carbocycles. The SMILES string of the molecule is O=C(NCCc1ccccc1)N(Cc1ccncc1)C[C@@H]1CCCO1. The third-order valence-electron chi connectivity index (χ3n) is 4.39. The normalized spacial score (nSPS) is 16.6. The maximum absolute atomic E-state index is 12.7. The van der Waals surface area contributed by atoms with Crippen molar-refractivity contribution in [2.75, 3.05) is 19.7 Å². The number of amides is 2. The van der Waals surface area contributed by atoms with Crippen LogP contribution in [0, 0.1) is 0 Å². The highest BCUT2D eigenvalue weighted by Gasteiger charge is 2.22. The van der Waals surface area contributed by atoms with E-state index in [-0.39, 0.29) is 12.1 Å². The number of benzene rings is 1. The van der Waals surface area contributed by atoms with Gasteiger partial charge in [0.25, 0.3) is 0 Å². The van der Waals surface area contributed by atoms with Crippen LogP contribution in [0.15, 0.2) is 54.9 Å². The molecule has 2 heterocycles. The minimum absolute atomic E-state index is 0.0387. The first-order valence-electron chi connectivity index (χ1n) is 8.88. The van der Waals surface area contributed by atoms with Crippen LogP contribution in [-0.4, -0.2) is 41.7 Å². The third-order valence-corrected chi connectivity index (χ3v) is 4.39. The smallest absolute Gasteiger partial charge is 0.317 e. The molecule has 1 atom stereocenters. The number of pyridine rings is 1. The fraction of sp³-hybridized carbons (Fsp3) is 0.400. The molecular formula is C20H25N3O2. The zero-order chi connectivity index (χ0) is 17.3. The Morgan fingerprint density at radius 2 is 1.96 bits per heavy atom. The number of nitrogens with zero attached hydrogens (tertiary/aromatic N) is 2. The van der Waals surface area contributed by atoms with Gasteiger partial charge in [-0.15, -0.1) is 0 Å². The average Bonchev–Trinajstić information content (AvgIpc) is 3.16. The molecule has 0 bridgehead atoms. The number of hydrogen-bond acceptors (Lipinski definition) is 3. The molecule has 3 rings (SSSR count). The van der Waals surface area contributed by atoms with Crippen molar-refractivity contribution in [1.29, 1.82) is 0 Å².